The van der Waals surface area contributed by atoms with Gasteiger partial charge in [-0.25, -0.2) is 0 Å². The third kappa shape index (κ3) is 5.27. The van der Waals surface area contributed by atoms with Gasteiger partial charge in [0.2, 0.25) is 0 Å². The zero-order valence-electron chi connectivity index (χ0n) is 13.2. The van der Waals surface area contributed by atoms with Crippen LogP contribution < -0.4 is 11.1 Å². The van der Waals surface area contributed by atoms with Crippen molar-refractivity contribution >= 4 is 17.3 Å². The van der Waals surface area contributed by atoms with Crippen LogP contribution in [0.25, 0.3) is 0 Å². The SMILES string of the molecule is CCCC(CCO)CNc1ccc(C(=O)N(C)C)cc1N. The van der Waals surface area contributed by atoms with Gasteiger partial charge in [-0.2, -0.15) is 0 Å². The minimum absolute atomic E-state index is 0.0580. The van der Waals surface area contributed by atoms with Crippen molar-refractivity contribution in [3.63, 3.8) is 0 Å². The van der Waals surface area contributed by atoms with Crippen LogP contribution in [0.3, 0.4) is 0 Å². The summed E-state index contributed by atoms with van der Waals surface area (Å²) in [7, 11) is 3.43. The average molecular weight is 293 g/mol. The first-order valence-corrected chi connectivity index (χ1v) is 7.45. The van der Waals surface area contributed by atoms with E-state index in [4.69, 9.17) is 10.8 Å². The van der Waals surface area contributed by atoms with Crippen molar-refractivity contribution in [3.05, 3.63) is 23.8 Å². The van der Waals surface area contributed by atoms with Crippen LogP contribution in [-0.4, -0.2) is 43.2 Å². The van der Waals surface area contributed by atoms with Crippen molar-refractivity contribution in [2.24, 2.45) is 5.92 Å². The Balaban J connectivity index is 2.70. The van der Waals surface area contributed by atoms with Crippen LogP contribution >= 0.6 is 0 Å². The van der Waals surface area contributed by atoms with E-state index in [2.05, 4.69) is 12.2 Å². The molecule has 5 nitrogen and oxygen atoms in total. The summed E-state index contributed by atoms with van der Waals surface area (Å²) in [6.07, 6.45) is 2.96. The van der Waals surface area contributed by atoms with Gasteiger partial charge in [-0.15, -0.1) is 0 Å². The second-order valence-corrected chi connectivity index (χ2v) is 5.55. The Morgan fingerprint density at radius 3 is 2.62 bits per heavy atom. The molecule has 0 aliphatic carbocycles. The third-order valence-corrected chi connectivity index (χ3v) is 3.52. The number of amides is 1. The minimum Gasteiger partial charge on any atom is -0.397 e. The Bertz CT molecular complexity index is 455. The number of rotatable bonds is 8. The average Bonchev–Trinajstić information content (AvgIpc) is 2.45. The maximum absolute atomic E-state index is 11.9. The molecule has 21 heavy (non-hydrogen) atoms. The number of benzene rings is 1. The van der Waals surface area contributed by atoms with Crippen molar-refractivity contribution < 1.29 is 9.90 Å². The van der Waals surface area contributed by atoms with Crippen molar-refractivity contribution in [1.29, 1.82) is 0 Å². The second kappa shape index (κ2) is 8.52. The number of hydrogen-bond donors (Lipinski definition) is 3. The summed E-state index contributed by atoms with van der Waals surface area (Å²) < 4.78 is 0. The Kier molecular flexibility index (Phi) is 7.02. The molecular weight excluding hydrogens is 266 g/mol. The normalized spacial score (nSPS) is 12.0. The van der Waals surface area contributed by atoms with Gasteiger partial charge in [0.25, 0.3) is 5.91 Å². The minimum atomic E-state index is -0.0580. The largest absolute Gasteiger partial charge is 0.397 e. The van der Waals surface area contributed by atoms with Crippen LogP contribution in [0.15, 0.2) is 18.2 Å². The number of nitrogen functional groups attached to an aromatic ring is 1. The molecule has 0 aliphatic heterocycles. The summed E-state index contributed by atoms with van der Waals surface area (Å²) in [6, 6.07) is 5.32. The lowest BCUT2D eigenvalue weighted by Crippen LogP contribution is -2.22. The van der Waals surface area contributed by atoms with Gasteiger partial charge in [0.15, 0.2) is 0 Å². The predicted octanol–water partition coefficient (Wildman–Crippen LogP) is 2.18. The summed E-state index contributed by atoms with van der Waals surface area (Å²) in [5.41, 5.74) is 8.01. The molecule has 1 atom stereocenters. The smallest absolute Gasteiger partial charge is 0.253 e. The standard InChI is InChI=1S/C16H27N3O2/c1-4-5-12(8-9-20)11-18-15-7-6-13(10-14(15)17)16(21)19(2)3/h6-7,10,12,18,20H,4-5,8-9,11,17H2,1-3H3. The van der Waals surface area contributed by atoms with Gasteiger partial charge >= 0.3 is 0 Å². The second-order valence-electron chi connectivity index (χ2n) is 5.55. The molecule has 1 aromatic rings. The third-order valence-electron chi connectivity index (χ3n) is 3.52. The summed E-state index contributed by atoms with van der Waals surface area (Å²) in [5, 5.41) is 12.4. The lowest BCUT2D eigenvalue weighted by molar-refractivity contribution is 0.0827. The fourth-order valence-electron chi connectivity index (χ4n) is 2.31. The molecule has 118 valence electrons. The Morgan fingerprint density at radius 2 is 2.10 bits per heavy atom. The fraction of sp³-hybridized carbons (Fsp3) is 0.562. The summed E-state index contributed by atoms with van der Waals surface area (Å²) in [5.74, 6) is 0.375. The maximum atomic E-state index is 11.9. The van der Waals surface area contributed by atoms with E-state index in [9.17, 15) is 4.79 Å². The molecule has 4 N–H and O–H groups in total. The molecule has 5 heteroatoms. The van der Waals surface area contributed by atoms with Gasteiger partial charge in [-0.1, -0.05) is 13.3 Å². The first-order chi connectivity index (χ1) is 9.99. The van der Waals surface area contributed by atoms with Crippen LogP contribution in [0.2, 0.25) is 0 Å². The quantitative estimate of drug-likeness (QED) is 0.642. The molecule has 0 saturated heterocycles. The number of nitrogens with two attached hydrogens (primary N) is 1. The number of nitrogens with zero attached hydrogens (tertiary/aromatic N) is 1. The van der Waals surface area contributed by atoms with Gasteiger partial charge in [-0.05, 0) is 37.0 Å². The Morgan fingerprint density at radius 1 is 1.38 bits per heavy atom. The first-order valence-electron chi connectivity index (χ1n) is 7.45. The molecular formula is C16H27N3O2. The van der Waals surface area contributed by atoms with E-state index in [1.165, 1.54) is 4.90 Å². The van der Waals surface area contributed by atoms with Crippen molar-refractivity contribution in [2.75, 3.05) is 38.3 Å². The number of hydrogen-bond acceptors (Lipinski definition) is 4. The summed E-state index contributed by atoms with van der Waals surface area (Å²) >= 11 is 0. The van der Waals surface area contributed by atoms with Crippen molar-refractivity contribution in [2.45, 2.75) is 26.2 Å². The van der Waals surface area contributed by atoms with E-state index in [1.807, 2.05) is 6.07 Å². The molecule has 1 unspecified atom stereocenters. The Hall–Kier alpha value is -1.75. The van der Waals surface area contributed by atoms with Gasteiger partial charge < -0.3 is 21.1 Å². The number of aliphatic hydroxyl groups is 1. The predicted molar refractivity (Wildman–Crippen MR) is 87.5 cm³/mol. The van der Waals surface area contributed by atoms with Crippen LogP contribution in [0, 0.1) is 5.92 Å². The highest BCUT2D eigenvalue weighted by Crippen LogP contribution is 2.22. The van der Waals surface area contributed by atoms with E-state index < -0.39 is 0 Å². The number of carbonyl (C=O) groups is 1. The summed E-state index contributed by atoms with van der Waals surface area (Å²) in [6.45, 7) is 3.12. The fourth-order valence-corrected chi connectivity index (χ4v) is 2.31. The van der Waals surface area contributed by atoms with Crippen molar-refractivity contribution in [1.82, 2.24) is 4.90 Å². The van der Waals surface area contributed by atoms with E-state index in [0.29, 0.717) is 17.2 Å². The van der Waals surface area contributed by atoms with E-state index >= 15 is 0 Å². The van der Waals surface area contributed by atoms with Crippen molar-refractivity contribution in [3.8, 4) is 0 Å². The molecule has 0 heterocycles. The zero-order valence-corrected chi connectivity index (χ0v) is 13.2. The molecule has 0 fully saturated rings. The maximum Gasteiger partial charge on any atom is 0.253 e. The van der Waals surface area contributed by atoms with E-state index in [1.54, 1.807) is 26.2 Å². The highest BCUT2D eigenvalue weighted by Gasteiger charge is 2.11. The monoisotopic (exact) mass is 293 g/mol. The first kappa shape index (κ1) is 17.3. The molecule has 0 aliphatic rings. The summed E-state index contributed by atoms with van der Waals surface area (Å²) in [4.78, 5) is 13.4. The van der Waals surface area contributed by atoms with Crippen LogP contribution in [-0.2, 0) is 0 Å². The molecule has 0 bridgehead atoms. The highest BCUT2D eigenvalue weighted by molar-refractivity contribution is 5.95. The number of nitrogens with one attached hydrogen (secondary N) is 1. The van der Waals surface area contributed by atoms with E-state index in [-0.39, 0.29) is 12.5 Å². The number of carbonyl (C=O) groups excluding carboxylic acids is 1. The molecule has 0 aromatic heterocycles. The van der Waals surface area contributed by atoms with Crippen LogP contribution in [0.1, 0.15) is 36.5 Å². The molecule has 0 radical (unpaired) electrons. The van der Waals surface area contributed by atoms with Gasteiger partial charge in [-0.3, -0.25) is 4.79 Å². The molecule has 0 spiro atoms. The number of aliphatic hydroxyl groups excluding tert-OH is 1. The van der Waals surface area contributed by atoms with E-state index in [0.717, 1.165) is 31.5 Å². The number of anilines is 2. The molecule has 0 saturated carbocycles. The lowest BCUT2D eigenvalue weighted by Gasteiger charge is -2.18. The van der Waals surface area contributed by atoms with Crippen LogP contribution in [0.4, 0.5) is 11.4 Å². The topological polar surface area (TPSA) is 78.6 Å². The zero-order chi connectivity index (χ0) is 15.8. The van der Waals surface area contributed by atoms with Crippen LogP contribution in [0.5, 0.6) is 0 Å². The van der Waals surface area contributed by atoms with Gasteiger partial charge in [0.1, 0.15) is 0 Å². The highest BCUT2D eigenvalue weighted by atomic mass is 16.3. The molecule has 1 aromatic carbocycles. The Labute approximate surface area is 127 Å². The lowest BCUT2D eigenvalue weighted by atomic mass is 10.00. The molecule has 1 amide bonds. The van der Waals surface area contributed by atoms with Gasteiger partial charge in [0.05, 0.1) is 11.4 Å². The van der Waals surface area contributed by atoms with Gasteiger partial charge in [0, 0.05) is 32.8 Å². The molecule has 1 rings (SSSR count).